The van der Waals surface area contributed by atoms with Crippen molar-refractivity contribution < 1.29 is 18.7 Å². The van der Waals surface area contributed by atoms with Crippen LogP contribution in [0.1, 0.15) is 27.6 Å². The minimum absolute atomic E-state index is 0.287. The van der Waals surface area contributed by atoms with Crippen LogP contribution in [0.25, 0.3) is 0 Å². The van der Waals surface area contributed by atoms with E-state index in [0.717, 1.165) is 11.3 Å². The lowest BCUT2D eigenvalue weighted by molar-refractivity contribution is 0.0945. The van der Waals surface area contributed by atoms with E-state index in [1.807, 2.05) is 24.3 Å². The number of hydrogen-bond acceptors (Lipinski definition) is 7. The number of aromatic nitrogens is 2. The molecule has 1 aromatic carbocycles. The smallest absolute Gasteiger partial charge is 0.270 e. The summed E-state index contributed by atoms with van der Waals surface area (Å²) in [5, 5.41) is 5.99. The van der Waals surface area contributed by atoms with Gasteiger partial charge >= 0.3 is 0 Å². The van der Waals surface area contributed by atoms with Gasteiger partial charge in [0.15, 0.2) is 11.5 Å². The Balaban J connectivity index is 1.65. The van der Waals surface area contributed by atoms with Crippen LogP contribution in [0.2, 0.25) is 0 Å². The van der Waals surface area contributed by atoms with Gasteiger partial charge in [-0.15, -0.1) is 0 Å². The summed E-state index contributed by atoms with van der Waals surface area (Å²) < 4.78 is 15.8. The summed E-state index contributed by atoms with van der Waals surface area (Å²) >= 11 is 0. The molecular weight excluding hydrogens is 360 g/mol. The van der Waals surface area contributed by atoms with E-state index in [2.05, 4.69) is 20.6 Å². The average molecular weight is 382 g/mol. The topological polar surface area (TPSA) is 98.5 Å². The Hall–Kier alpha value is -3.55. The number of nitrogens with zero attached hydrogens (tertiary/aromatic N) is 2. The Kier molecular flexibility index (Phi) is 6.11. The van der Waals surface area contributed by atoms with Gasteiger partial charge in [0, 0.05) is 12.6 Å². The summed E-state index contributed by atoms with van der Waals surface area (Å²) in [5.74, 6) is 2.78. The minimum atomic E-state index is -0.290. The van der Waals surface area contributed by atoms with E-state index < -0.39 is 0 Å². The van der Waals surface area contributed by atoms with Crippen molar-refractivity contribution in [1.29, 1.82) is 0 Å². The Labute approximate surface area is 162 Å². The fourth-order valence-corrected chi connectivity index (χ4v) is 2.63. The molecule has 0 saturated carbocycles. The Bertz CT molecular complexity index is 941. The van der Waals surface area contributed by atoms with Crippen LogP contribution in [-0.4, -0.2) is 30.1 Å². The van der Waals surface area contributed by atoms with Crippen molar-refractivity contribution in [2.75, 3.05) is 19.5 Å². The molecule has 0 bridgehead atoms. The zero-order valence-electron chi connectivity index (χ0n) is 16.0. The lowest BCUT2D eigenvalue weighted by Crippen LogP contribution is -2.24. The highest BCUT2D eigenvalue weighted by molar-refractivity contribution is 5.92. The molecule has 2 N–H and O–H groups in total. The highest BCUT2D eigenvalue weighted by Crippen LogP contribution is 2.27. The number of ether oxygens (including phenoxy) is 2. The van der Waals surface area contributed by atoms with Crippen LogP contribution in [-0.2, 0) is 13.1 Å². The number of hydrogen-bond donors (Lipinski definition) is 2. The van der Waals surface area contributed by atoms with E-state index in [4.69, 9.17) is 13.9 Å². The largest absolute Gasteiger partial charge is 0.493 e. The molecule has 0 aliphatic heterocycles. The van der Waals surface area contributed by atoms with Gasteiger partial charge in [0.2, 0.25) is 0 Å². The lowest BCUT2D eigenvalue weighted by Gasteiger charge is -2.11. The van der Waals surface area contributed by atoms with E-state index in [1.54, 1.807) is 39.5 Å². The second-order valence-corrected chi connectivity index (χ2v) is 5.99. The third-order valence-electron chi connectivity index (χ3n) is 4.00. The van der Waals surface area contributed by atoms with E-state index in [-0.39, 0.29) is 11.6 Å². The van der Waals surface area contributed by atoms with Gasteiger partial charge < -0.3 is 24.5 Å². The van der Waals surface area contributed by atoms with E-state index in [1.165, 1.54) is 0 Å². The summed E-state index contributed by atoms with van der Waals surface area (Å²) in [6.07, 6.45) is 1.61. The normalized spacial score (nSPS) is 10.4. The summed E-state index contributed by atoms with van der Waals surface area (Å²) in [7, 11) is 3.15. The van der Waals surface area contributed by atoms with Crippen LogP contribution >= 0.6 is 0 Å². The maximum absolute atomic E-state index is 12.5. The van der Waals surface area contributed by atoms with Gasteiger partial charge in [-0.1, -0.05) is 6.07 Å². The molecule has 146 valence electrons. The van der Waals surface area contributed by atoms with Crippen molar-refractivity contribution in [3.8, 4) is 11.5 Å². The molecule has 0 aliphatic carbocycles. The molecule has 2 heterocycles. The Morgan fingerprint density at radius 2 is 1.89 bits per heavy atom. The van der Waals surface area contributed by atoms with Crippen molar-refractivity contribution in [3.05, 3.63) is 65.5 Å². The molecule has 28 heavy (non-hydrogen) atoms. The maximum atomic E-state index is 12.5. The van der Waals surface area contributed by atoms with Gasteiger partial charge in [-0.3, -0.25) is 4.79 Å². The van der Waals surface area contributed by atoms with Crippen LogP contribution in [0.15, 0.2) is 47.1 Å². The molecule has 8 heteroatoms. The number of furan rings is 1. The number of carbonyl (C=O) groups excluding carboxylic acids is 1. The first-order valence-electron chi connectivity index (χ1n) is 8.70. The summed E-state index contributed by atoms with van der Waals surface area (Å²) in [6.45, 7) is 2.54. The fraction of sp³-hybridized carbons (Fsp3) is 0.250. The predicted molar refractivity (Wildman–Crippen MR) is 104 cm³/mol. The highest BCUT2D eigenvalue weighted by atomic mass is 16.5. The van der Waals surface area contributed by atoms with Crippen molar-refractivity contribution in [2.45, 2.75) is 20.0 Å². The number of carbonyl (C=O) groups is 1. The molecule has 0 spiro atoms. The SMILES string of the molecule is COc1ccc(CNC(=O)c2cc(NCc3ccco3)nc(C)n2)cc1OC. The van der Waals surface area contributed by atoms with Crippen LogP contribution in [0, 0.1) is 6.92 Å². The Morgan fingerprint density at radius 3 is 2.61 bits per heavy atom. The van der Waals surface area contributed by atoms with E-state index in [0.29, 0.717) is 36.2 Å². The molecule has 0 radical (unpaired) electrons. The third-order valence-corrected chi connectivity index (χ3v) is 4.00. The summed E-state index contributed by atoms with van der Waals surface area (Å²) in [4.78, 5) is 21.1. The molecule has 0 unspecified atom stereocenters. The maximum Gasteiger partial charge on any atom is 0.270 e. The van der Waals surface area contributed by atoms with Gasteiger partial charge in [-0.05, 0) is 36.8 Å². The number of amides is 1. The number of anilines is 1. The fourth-order valence-electron chi connectivity index (χ4n) is 2.63. The first kappa shape index (κ1) is 19.2. The van der Waals surface area contributed by atoms with Gasteiger partial charge in [0.05, 0.1) is 27.0 Å². The molecule has 2 aromatic heterocycles. The molecule has 1 amide bonds. The average Bonchev–Trinajstić information content (AvgIpc) is 3.23. The van der Waals surface area contributed by atoms with Gasteiger partial charge in [-0.2, -0.15) is 0 Å². The molecule has 8 nitrogen and oxygen atoms in total. The zero-order valence-corrected chi connectivity index (χ0v) is 16.0. The van der Waals surface area contributed by atoms with Crippen LogP contribution in [0.3, 0.4) is 0 Å². The summed E-state index contributed by atoms with van der Waals surface area (Å²) in [6, 6.07) is 10.8. The van der Waals surface area contributed by atoms with Crippen molar-refractivity contribution in [2.24, 2.45) is 0 Å². The minimum Gasteiger partial charge on any atom is -0.493 e. The number of aryl methyl sites for hydroxylation is 1. The lowest BCUT2D eigenvalue weighted by atomic mass is 10.2. The van der Waals surface area contributed by atoms with Crippen LogP contribution in [0.4, 0.5) is 5.82 Å². The second kappa shape index (κ2) is 8.90. The van der Waals surface area contributed by atoms with Gasteiger partial charge in [0.25, 0.3) is 5.91 Å². The standard InChI is InChI=1S/C20H22N4O4/c1-13-23-16(10-19(24-13)21-12-15-5-4-8-28-15)20(25)22-11-14-6-7-17(26-2)18(9-14)27-3/h4-10H,11-12H2,1-3H3,(H,22,25)(H,21,23,24). The summed E-state index contributed by atoms with van der Waals surface area (Å²) in [5.41, 5.74) is 1.17. The molecule has 0 aliphatic rings. The van der Waals surface area contributed by atoms with Crippen LogP contribution in [0.5, 0.6) is 11.5 Å². The predicted octanol–water partition coefficient (Wildman–Crippen LogP) is 2.94. The first-order chi connectivity index (χ1) is 13.6. The monoisotopic (exact) mass is 382 g/mol. The second-order valence-electron chi connectivity index (χ2n) is 5.99. The molecule has 3 rings (SSSR count). The molecular formula is C20H22N4O4. The zero-order chi connectivity index (χ0) is 19.9. The van der Waals surface area contributed by atoms with Crippen LogP contribution < -0.4 is 20.1 Å². The quantitative estimate of drug-likeness (QED) is 0.618. The molecule has 0 fully saturated rings. The van der Waals surface area contributed by atoms with Gasteiger partial charge in [0.1, 0.15) is 23.1 Å². The molecule has 0 atom stereocenters. The van der Waals surface area contributed by atoms with Gasteiger partial charge in [-0.25, -0.2) is 9.97 Å². The number of rotatable bonds is 8. The van der Waals surface area contributed by atoms with Crippen molar-refractivity contribution in [3.63, 3.8) is 0 Å². The number of methoxy groups -OCH3 is 2. The molecule has 0 saturated heterocycles. The van der Waals surface area contributed by atoms with E-state index >= 15 is 0 Å². The molecule has 3 aromatic rings. The van der Waals surface area contributed by atoms with Crippen molar-refractivity contribution >= 4 is 11.7 Å². The van der Waals surface area contributed by atoms with Crippen molar-refractivity contribution in [1.82, 2.24) is 15.3 Å². The highest BCUT2D eigenvalue weighted by Gasteiger charge is 2.12. The third kappa shape index (κ3) is 4.79. The first-order valence-corrected chi connectivity index (χ1v) is 8.70. The number of nitrogens with one attached hydrogen (secondary N) is 2. The van der Waals surface area contributed by atoms with E-state index in [9.17, 15) is 4.79 Å². The number of benzene rings is 1. The Morgan fingerprint density at radius 1 is 1.07 bits per heavy atom.